The van der Waals surface area contributed by atoms with Gasteiger partial charge in [0.25, 0.3) is 0 Å². The van der Waals surface area contributed by atoms with Crippen LogP contribution >= 0.6 is 0 Å². The first kappa shape index (κ1) is 10.2. The molecule has 0 amide bonds. The summed E-state index contributed by atoms with van der Waals surface area (Å²) in [5.41, 5.74) is 2.22. The van der Waals surface area contributed by atoms with Crippen LogP contribution < -0.4 is 0 Å². The van der Waals surface area contributed by atoms with Crippen molar-refractivity contribution in [1.29, 1.82) is 0 Å². The van der Waals surface area contributed by atoms with Crippen LogP contribution in [0.25, 0.3) is 0 Å². The molecule has 0 saturated carbocycles. The fourth-order valence-corrected chi connectivity index (χ4v) is 1.73. The van der Waals surface area contributed by atoms with Gasteiger partial charge >= 0.3 is 0 Å². The first-order valence-electron chi connectivity index (χ1n) is 5.18. The van der Waals surface area contributed by atoms with Gasteiger partial charge < -0.3 is 9.74 Å². The number of likely N-dealkylation sites (N-methyl/N-ethyl adjacent to an activating group) is 1. The van der Waals surface area contributed by atoms with E-state index in [1.54, 1.807) is 0 Å². The van der Waals surface area contributed by atoms with Crippen LogP contribution in [0.5, 0.6) is 0 Å². The third kappa shape index (κ3) is 2.57. The van der Waals surface area contributed by atoms with Crippen molar-refractivity contribution in [3.05, 3.63) is 35.9 Å². The average molecular weight is 204 g/mol. The Morgan fingerprint density at radius 2 is 2.07 bits per heavy atom. The summed E-state index contributed by atoms with van der Waals surface area (Å²) in [5, 5.41) is 4.13. The summed E-state index contributed by atoms with van der Waals surface area (Å²) in [6.07, 6.45) is 1.11. The van der Waals surface area contributed by atoms with Gasteiger partial charge in [-0.1, -0.05) is 35.5 Å². The molecule has 3 nitrogen and oxygen atoms in total. The number of hydrogen-bond acceptors (Lipinski definition) is 3. The van der Waals surface area contributed by atoms with Crippen LogP contribution in [0.2, 0.25) is 0 Å². The highest BCUT2D eigenvalue weighted by molar-refractivity contribution is 6.01. The first-order chi connectivity index (χ1) is 7.25. The normalized spacial score (nSPS) is 20.2. The predicted octanol–water partition coefficient (Wildman–Crippen LogP) is 1.74. The molecule has 1 unspecified atom stereocenters. The third-order valence-electron chi connectivity index (χ3n) is 2.41. The van der Waals surface area contributed by atoms with Gasteiger partial charge in [0, 0.05) is 13.0 Å². The molecule has 3 heteroatoms. The summed E-state index contributed by atoms with van der Waals surface area (Å²) < 4.78 is 0. The molecule has 2 rings (SSSR count). The van der Waals surface area contributed by atoms with Gasteiger partial charge in [0.2, 0.25) is 0 Å². The number of benzene rings is 1. The van der Waals surface area contributed by atoms with E-state index in [1.165, 1.54) is 5.56 Å². The Hall–Kier alpha value is -1.35. The quantitative estimate of drug-likeness (QED) is 0.749. The van der Waals surface area contributed by atoms with E-state index in [0.29, 0.717) is 0 Å². The molecule has 1 heterocycles. The van der Waals surface area contributed by atoms with Crippen LogP contribution in [-0.2, 0) is 4.84 Å². The van der Waals surface area contributed by atoms with Crippen LogP contribution in [0.1, 0.15) is 12.0 Å². The standard InChI is InChI=1S/C12H16N2O/c1-14(2)9-11-8-12(13-15-11)10-6-4-3-5-7-10/h3-7,11H,8-9H2,1-2H3. The molecule has 0 bridgehead atoms. The van der Waals surface area contributed by atoms with Crippen molar-refractivity contribution in [2.75, 3.05) is 20.6 Å². The molecule has 1 aliphatic rings. The van der Waals surface area contributed by atoms with Gasteiger partial charge in [0.15, 0.2) is 0 Å². The molecule has 0 saturated heterocycles. The van der Waals surface area contributed by atoms with E-state index in [1.807, 2.05) is 32.3 Å². The van der Waals surface area contributed by atoms with Crippen molar-refractivity contribution in [2.45, 2.75) is 12.5 Å². The number of nitrogens with zero attached hydrogens (tertiary/aromatic N) is 2. The molecule has 0 N–H and O–H groups in total. The first-order valence-corrected chi connectivity index (χ1v) is 5.18. The Bertz CT molecular complexity index is 346. The van der Waals surface area contributed by atoms with Gasteiger partial charge in [-0.25, -0.2) is 0 Å². The van der Waals surface area contributed by atoms with Crippen LogP contribution in [0, 0.1) is 0 Å². The van der Waals surface area contributed by atoms with Gasteiger partial charge in [-0.2, -0.15) is 0 Å². The molecular weight excluding hydrogens is 188 g/mol. The summed E-state index contributed by atoms with van der Waals surface area (Å²) in [6, 6.07) is 10.2. The molecule has 0 spiro atoms. The Kier molecular flexibility index (Phi) is 3.02. The Morgan fingerprint density at radius 3 is 2.73 bits per heavy atom. The van der Waals surface area contributed by atoms with Crippen molar-refractivity contribution >= 4 is 5.71 Å². The molecule has 80 valence electrons. The van der Waals surface area contributed by atoms with Gasteiger partial charge in [-0.05, 0) is 19.7 Å². The van der Waals surface area contributed by atoms with Gasteiger partial charge in [-0.3, -0.25) is 0 Å². The summed E-state index contributed by atoms with van der Waals surface area (Å²) >= 11 is 0. The van der Waals surface area contributed by atoms with E-state index in [0.717, 1.165) is 18.7 Å². The zero-order chi connectivity index (χ0) is 10.7. The van der Waals surface area contributed by atoms with Crippen molar-refractivity contribution in [2.24, 2.45) is 5.16 Å². The molecule has 1 aromatic rings. The zero-order valence-electron chi connectivity index (χ0n) is 9.18. The molecule has 1 aromatic carbocycles. The van der Waals surface area contributed by atoms with E-state index < -0.39 is 0 Å². The van der Waals surface area contributed by atoms with E-state index in [4.69, 9.17) is 4.84 Å². The highest BCUT2D eigenvalue weighted by Gasteiger charge is 2.22. The largest absolute Gasteiger partial charge is 0.390 e. The van der Waals surface area contributed by atoms with E-state index in [2.05, 4.69) is 22.2 Å². The molecule has 0 aliphatic carbocycles. The Labute approximate surface area is 90.3 Å². The number of hydrogen-bond donors (Lipinski definition) is 0. The van der Waals surface area contributed by atoms with E-state index in [9.17, 15) is 0 Å². The molecule has 0 radical (unpaired) electrons. The minimum absolute atomic E-state index is 0.204. The van der Waals surface area contributed by atoms with Gasteiger partial charge in [0.05, 0.1) is 5.71 Å². The molecule has 0 aromatic heterocycles. The highest BCUT2D eigenvalue weighted by atomic mass is 16.6. The van der Waals surface area contributed by atoms with Crippen molar-refractivity contribution in [1.82, 2.24) is 4.90 Å². The Balaban J connectivity index is 1.98. The summed E-state index contributed by atoms with van der Waals surface area (Å²) in [7, 11) is 4.09. The van der Waals surface area contributed by atoms with Crippen molar-refractivity contribution < 1.29 is 4.84 Å². The average Bonchev–Trinajstić information content (AvgIpc) is 2.67. The van der Waals surface area contributed by atoms with Crippen LogP contribution in [0.4, 0.5) is 0 Å². The van der Waals surface area contributed by atoms with Crippen molar-refractivity contribution in [3.8, 4) is 0 Å². The smallest absolute Gasteiger partial charge is 0.145 e. The van der Waals surface area contributed by atoms with E-state index >= 15 is 0 Å². The molecule has 15 heavy (non-hydrogen) atoms. The Morgan fingerprint density at radius 1 is 1.33 bits per heavy atom. The summed E-state index contributed by atoms with van der Waals surface area (Å²) in [6.45, 7) is 0.917. The summed E-state index contributed by atoms with van der Waals surface area (Å²) in [5.74, 6) is 0. The SMILES string of the molecule is CN(C)CC1CC(c2ccccc2)=NO1. The second-order valence-corrected chi connectivity index (χ2v) is 4.10. The number of oxime groups is 1. The lowest BCUT2D eigenvalue weighted by Crippen LogP contribution is -2.26. The maximum absolute atomic E-state index is 5.38. The third-order valence-corrected chi connectivity index (χ3v) is 2.41. The second-order valence-electron chi connectivity index (χ2n) is 4.10. The minimum atomic E-state index is 0.204. The van der Waals surface area contributed by atoms with Crippen LogP contribution in [0.15, 0.2) is 35.5 Å². The maximum Gasteiger partial charge on any atom is 0.145 e. The fourth-order valence-electron chi connectivity index (χ4n) is 1.73. The predicted molar refractivity (Wildman–Crippen MR) is 61.0 cm³/mol. The fraction of sp³-hybridized carbons (Fsp3) is 0.417. The molecule has 1 aliphatic heterocycles. The number of rotatable bonds is 3. The van der Waals surface area contributed by atoms with E-state index in [-0.39, 0.29) is 6.10 Å². The lowest BCUT2D eigenvalue weighted by atomic mass is 10.1. The van der Waals surface area contributed by atoms with Gasteiger partial charge in [-0.15, -0.1) is 0 Å². The van der Waals surface area contributed by atoms with Crippen molar-refractivity contribution in [3.63, 3.8) is 0 Å². The monoisotopic (exact) mass is 204 g/mol. The van der Waals surface area contributed by atoms with Crippen LogP contribution in [0.3, 0.4) is 0 Å². The van der Waals surface area contributed by atoms with Crippen LogP contribution in [-0.4, -0.2) is 37.4 Å². The van der Waals surface area contributed by atoms with Gasteiger partial charge in [0.1, 0.15) is 6.10 Å². The lowest BCUT2D eigenvalue weighted by Gasteiger charge is -2.13. The molecule has 1 atom stereocenters. The minimum Gasteiger partial charge on any atom is -0.390 e. The lowest BCUT2D eigenvalue weighted by molar-refractivity contribution is 0.0650. The zero-order valence-corrected chi connectivity index (χ0v) is 9.18. The molecule has 0 fully saturated rings. The summed E-state index contributed by atoms with van der Waals surface area (Å²) in [4.78, 5) is 7.50. The maximum atomic E-state index is 5.38. The second kappa shape index (κ2) is 4.45. The highest BCUT2D eigenvalue weighted by Crippen LogP contribution is 2.16. The molecular formula is C12H16N2O. The topological polar surface area (TPSA) is 24.8 Å².